The molecule has 2 N–H and O–H groups in total. The van der Waals surface area contributed by atoms with Crippen LogP contribution in [0.15, 0.2) is 23.3 Å². The number of fused-ring (bicyclic) bond motifs is 3. The maximum Gasteiger partial charge on any atom is 0.335 e. The number of aromatic carboxylic acids is 1. The van der Waals surface area contributed by atoms with Gasteiger partial charge in [0.2, 0.25) is 5.91 Å². The van der Waals surface area contributed by atoms with Gasteiger partial charge >= 0.3 is 5.97 Å². The number of carboxylic acid groups (broad SMARTS) is 1. The third-order valence-corrected chi connectivity index (χ3v) is 4.96. The molecule has 0 unspecified atom stereocenters. The largest absolute Gasteiger partial charge is 0.478 e. The molecular weight excluding hydrogens is 336 g/mol. The zero-order valence-electron chi connectivity index (χ0n) is 14.3. The molecule has 0 radical (unpaired) electrons. The lowest BCUT2D eigenvalue weighted by Gasteiger charge is -2.29. The summed E-state index contributed by atoms with van der Waals surface area (Å²) in [5.74, 6) is -1.24. The summed E-state index contributed by atoms with van der Waals surface area (Å²) in [6.45, 7) is 0.953. The second kappa shape index (κ2) is 5.98. The zero-order valence-corrected chi connectivity index (χ0v) is 14.3. The van der Waals surface area contributed by atoms with Crippen molar-refractivity contribution in [1.29, 1.82) is 0 Å². The van der Waals surface area contributed by atoms with Crippen LogP contribution in [0.25, 0.3) is 10.9 Å². The lowest BCUT2D eigenvalue weighted by atomic mass is 10.0. The topological polar surface area (TPSA) is 106 Å². The molecule has 0 saturated heterocycles. The van der Waals surface area contributed by atoms with E-state index in [0.29, 0.717) is 31.6 Å². The third-order valence-electron chi connectivity index (χ3n) is 4.96. The maximum absolute atomic E-state index is 12.8. The Hall–Kier alpha value is -3.16. The van der Waals surface area contributed by atoms with Gasteiger partial charge < -0.3 is 15.0 Å². The molecule has 0 aliphatic carbocycles. The molecule has 8 nitrogen and oxygen atoms in total. The Morgan fingerprint density at radius 3 is 2.77 bits per heavy atom. The molecule has 2 amide bonds. The van der Waals surface area contributed by atoms with Crippen LogP contribution in [0.4, 0.5) is 0 Å². The fourth-order valence-corrected chi connectivity index (χ4v) is 3.53. The van der Waals surface area contributed by atoms with E-state index in [0.717, 1.165) is 22.2 Å². The average molecular weight is 354 g/mol. The summed E-state index contributed by atoms with van der Waals surface area (Å²) in [7, 11) is 1.55. The molecule has 2 aliphatic heterocycles. The number of carbonyl (C=O) groups excluding carboxylic acids is 2. The van der Waals surface area contributed by atoms with Gasteiger partial charge in [-0.05, 0) is 18.2 Å². The first kappa shape index (κ1) is 16.3. The van der Waals surface area contributed by atoms with Crippen LogP contribution >= 0.6 is 0 Å². The van der Waals surface area contributed by atoms with E-state index < -0.39 is 5.97 Å². The van der Waals surface area contributed by atoms with Gasteiger partial charge in [0.1, 0.15) is 5.71 Å². The van der Waals surface area contributed by atoms with Crippen LogP contribution in [0, 0.1) is 0 Å². The van der Waals surface area contributed by atoms with Gasteiger partial charge in [0.25, 0.3) is 5.91 Å². The summed E-state index contributed by atoms with van der Waals surface area (Å²) in [6, 6.07) is 4.97. The number of carboxylic acids is 1. The highest BCUT2D eigenvalue weighted by Gasteiger charge is 2.29. The molecule has 0 saturated carbocycles. The zero-order chi connectivity index (χ0) is 18.4. The Kier molecular flexibility index (Phi) is 3.75. The molecule has 3 heterocycles. The highest BCUT2D eigenvalue weighted by molar-refractivity contribution is 6.39. The lowest BCUT2D eigenvalue weighted by Crippen LogP contribution is -2.42. The summed E-state index contributed by atoms with van der Waals surface area (Å²) in [5, 5.41) is 15.4. The Balaban J connectivity index is 1.64. The molecule has 2 aliphatic rings. The van der Waals surface area contributed by atoms with Crippen LogP contribution in [-0.2, 0) is 22.6 Å². The predicted molar refractivity (Wildman–Crippen MR) is 93.8 cm³/mol. The van der Waals surface area contributed by atoms with Gasteiger partial charge in [-0.1, -0.05) is 0 Å². The van der Waals surface area contributed by atoms with Crippen molar-refractivity contribution < 1.29 is 19.5 Å². The number of hydrogen-bond donors (Lipinski definition) is 2. The summed E-state index contributed by atoms with van der Waals surface area (Å²) < 4.78 is 0. The van der Waals surface area contributed by atoms with E-state index in [1.54, 1.807) is 30.1 Å². The summed E-state index contributed by atoms with van der Waals surface area (Å²) in [5.41, 5.74) is 3.46. The molecule has 26 heavy (non-hydrogen) atoms. The number of hydrogen-bond acceptors (Lipinski definition) is 4. The van der Waals surface area contributed by atoms with Gasteiger partial charge in [-0.15, -0.1) is 0 Å². The molecule has 8 heteroatoms. The summed E-state index contributed by atoms with van der Waals surface area (Å²) in [4.78, 5) is 40.6. The Morgan fingerprint density at radius 1 is 1.23 bits per heavy atom. The standard InChI is InChI=1S/C18H18N4O4/c1-21-16(23)5-4-15(20-21)17(24)22-7-6-14-12(9-22)11-8-10(18(25)26)2-3-13(11)19-14/h2-3,8,19H,4-7,9H2,1H3,(H,25,26). The number of aromatic nitrogens is 1. The number of H-pyrrole nitrogens is 1. The van der Waals surface area contributed by atoms with E-state index in [9.17, 15) is 19.5 Å². The van der Waals surface area contributed by atoms with E-state index in [2.05, 4.69) is 10.1 Å². The van der Waals surface area contributed by atoms with Crippen LogP contribution in [-0.4, -0.2) is 57.1 Å². The summed E-state index contributed by atoms with van der Waals surface area (Å²) in [6.07, 6.45) is 1.30. The number of benzene rings is 1. The third kappa shape index (κ3) is 2.63. The number of carbonyl (C=O) groups is 3. The van der Waals surface area contributed by atoms with E-state index in [4.69, 9.17) is 0 Å². The van der Waals surface area contributed by atoms with E-state index in [-0.39, 0.29) is 23.8 Å². The van der Waals surface area contributed by atoms with Crippen LogP contribution in [0.3, 0.4) is 0 Å². The van der Waals surface area contributed by atoms with Crippen molar-refractivity contribution in [1.82, 2.24) is 14.9 Å². The molecule has 0 fully saturated rings. The minimum Gasteiger partial charge on any atom is -0.478 e. The second-order valence-corrected chi connectivity index (χ2v) is 6.59. The fourth-order valence-electron chi connectivity index (χ4n) is 3.53. The second-order valence-electron chi connectivity index (χ2n) is 6.59. The van der Waals surface area contributed by atoms with Crippen LogP contribution in [0.5, 0.6) is 0 Å². The van der Waals surface area contributed by atoms with Gasteiger partial charge in [0.15, 0.2) is 0 Å². The molecule has 0 bridgehead atoms. The molecule has 1 aromatic carbocycles. The highest BCUT2D eigenvalue weighted by Crippen LogP contribution is 2.29. The quantitative estimate of drug-likeness (QED) is 0.849. The van der Waals surface area contributed by atoms with Gasteiger partial charge in [0.05, 0.1) is 5.56 Å². The minimum atomic E-state index is -0.977. The normalized spacial score (nSPS) is 17.3. The van der Waals surface area contributed by atoms with E-state index >= 15 is 0 Å². The SMILES string of the molecule is CN1N=C(C(=O)N2CCc3[nH]c4ccc(C(=O)O)cc4c3C2)CCC1=O. The molecular formula is C18H18N4O4. The number of aromatic amines is 1. The number of rotatable bonds is 2. The summed E-state index contributed by atoms with van der Waals surface area (Å²) >= 11 is 0. The predicted octanol–water partition coefficient (Wildman–Crippen LogP) is 1.36. The van der Waals surface area contributed by atoms with Crippen molar-refractivity contribution in [2.45, 2.75) is 25.8 Å². The van der Waals surface area contributed by atoms with Crippen LogP contribution in [0.2, 0.25) is 0 Å². The van der Waals surface area contributed by atoms with Gasteiger partial charge in [-0.25, -0.2) is 9.80 Å². The van der Waals surface area contributed by atoms with Crippen molar-refractivity contribution >= 4 is 34.4 Å². The van der Waals surface area contributed by atoms with E-state index in [1.165, 1.54) is 5.01 Å². The van der Waals surface area contributed by atoms with Crippen molar-refractivity contribution in [2.24, 2.45) is 5.10 Å². The van der Waals surface area contributed by atoms with Crippen LogP contribution in [0.1, 0.15) is 34.5 Å². The number of hydrazone groups is 1. The number of nitrogens with one attached hydrogen (secondary N) is 1. The Bertz CT molecular complexity index is 975. The molecule has 4 rings (SSSR count). The van der Waals surface area contributed by atoms with Crippen molar-refractivity contribution in [3.8, 4) is 0 Å². The fraction of sp³-hybridized carbons (Fsp3) is 0.333. The maximum atomic E-state index is 12.8. The van der Waals surface area contributed by atoms with Crippen molar-refractivity contribution in [2.75, 3.05) is 13.6 Å². The smallest absolute Gasteiger partial charge is 0.335 e. The van der Waals surface area contributed by atoms with E-state index in [1.807, 2.05) is 0 Å². The Labute approximate surface area is 149 Å². The average Bonchev–Trinajstić information content (AvgIpc) is 3.00. The van der Waals surface area contributed by atoms with Crippen LogP contribution < -0.4 is 0 Å². The lowest BCUT2D eigenvalue weighted by molar-refractivity contribution is -0.130. The van der Waals surface area contributed by atoms with Crippen molar-refractivity contribution in [3.63, 3.8) is 0 Å². The first-order valence-corrected chi connectivity index (χ1v) is 8.44. The highest BCUT2D eigenvalue weighted by atomic mass is 16.4. The molecule has 0 atom stereocenters. The Morgan fingerprint density at radius 2 is 2.04 bits per heavy atom. The minimum absolute atomic E-state index is 0.0969. The molecule has 1 aromatic heterocycles. The molecule has 0 spiro atoms. The van der Waals surface area contributed by atoms with Gasteiger partial charge in [-0.2, -0.15) is 5.10 Å². The monoisotopic (exact) mass is 354 g/mol. The first-order chi connectivity index (χ1) is 12.4. The first-order valence-electron chi connectivity index (χ1n) is 8.44. The van der Waals surface area contributed by atoms with Gasteiger partial charge in [0, 0.05) is 61.6 Å². The molecule has 134 valence electrons. The number of nitrogens with zero attached hydrogens (tertiary/aromatic N) is 3. The molecule has 2 aromatic rings. The van der Waals surface area contributed by atoms with Crippen molar-refractivity contribution in [3.05, 3.63) is 35.0 Å². The van der Waals surface area contributed by atoms with Gasteiger partial charge in [-0.3, -0.25) is 9.59 Å². The number of amides is 2.